The van der Waals surface area contributed by atoms with Gasteiger partial charge in [-0.15, -0.1) is 0 Å². The van der Waals surface area contributed by atoms with Gasteiger partial charge in [-0.25, -0.2) is 9.50 Å². The second-order valence-electron chi connectivity index (χ2n) is 6.69. The fourth-order valence-electron chi connectivity index (χ4n) is 3.51. The van der Waals surface area contributed by atoms with Crippen molar-refractivity contribution in [2.45, 2.75) is 45.6 Å². The lowest BCUT2D eigenvalue weighted by Crippen LogP contribution is -2.38. The fraction of sp³-hybridized carbons (Fsp3) is 0.444. The van der Waals surface area contributed by atoms with Crippen LogP contribution in [0.1, 0.15) is 59.9 Å². The van der Waals surface area contributed by atoms with Crippen LogP contribution in [0.5, 0.6) is 0 Å². The van der Waals surface area contributed by atoms with Gasteiger partial charge in [0.2, 0.25) is 5.76 Å². The van der Waals surface area contributed by atoms with Crippen molar-refractivity contribution in [3.63, 3.8) is 0 Å². The van der Waals surface area contributed by atoms with Gasteiger partial charge in [0, 0.05) is 30.4 Å². The summed E-state index contributed by atoms with van der Waals surface area (Å²) in [5, 5.41) is 6.94. The van der Waals surface area contributed by atoms with E-state index in [-0.39, 0.29) is 23.3 Å². The quantitative estimate of drug-likeness (QED) is 0.777. The molecule has 4 heterocycles. The number of carbonyl (C=O) groups is 1. The molecule has 0 unspecified atom stereocenters. The molecule has 0 radical (unpaired) electrons. The van der Waals surface area contributed by atoms with E-state index in [9.17, 15) is 9.59 Å². The Kier molecular flexibility index (Phi) is 4.10. The van der Waals surface area contributed by atoms with Crippen LogP contribution in [0.2, 0.25) is 0 Å². The first-order valence-electron chi connectivity index (χ1n) is 8.92. The highest BCUT2D eigenvalue weighted by Crippen LogP contribution is 2.31. The van der Waals surface area contributed by atoms with Crippen LogP contribution < -0.4 is 5.56 Å². The number of nitrogens with one attached hydrogen (secondary N) is 1. The molecule has 1 fully saturated rings. The van der Waals surface area contributed by atoms with Crippen LogP contribution in [-0.4, -0.2) is 37.1 Å². The molecule has 0 bridgehead atoms. The number of aryl methyl sites for hydroxylation is 2. The average molecular weight is 355 g/mol. The normalized spacial score (nSPS) is 17.8. The van der Waals surface area contributed by atoms with E-state index in [1.807, 2.05) is 13.0 Å². The van der Waals surface area contributed by atoms with Crippen LogP contribution in [0.15, 0.2) is 27.5 Å². The van der Waals surface area contributed by atoms with Gasteiger partial charge in [0.05, 0.1) is 17.4 Å². The Morgan fingerprint density at radius 1 is 1.35 bits per heavy atom. The van der Waals surface area contributed by atoms with Gasteiger partial charge < -0.3 is 9.42 Å². The third-order valence-electron chi connectivity index (χ3n) is 4.85. The van der Waals surface area contributed by atoms with Crippen molar-refractivity contribution < 1.29 is 9.32 Å². The summed E-state index contributed by atoms with van der Waals surface area (Å²) in [5.41, 5.74) is 2.69. The maximum Gasteiger partial charge on any atom is 0.293 e. The number of piperidine rings is 1. The number of aromatic amines is 1. The van der Waals surface area contributed by atoms with Crippen molar-refractivity contribution in [2.24, 2.45) is 0 Å². The zero-order valence-corrected chi connectivity index (χ0v) is 14.9. The van der Waals surface area contributed by atoms with Gasteiger partial charge >= 0.3 is 0 Å². The minimum absolute atomic E-state index is 0.141. The predicted octanol–water partition coefficient (Wildman–Crippen LogP) is 2.25. The maximum absolute atomic E-state index is 12.9. The van der Waals surface area contributed by atoms with Crippen LogP contribution in [-0.2, 0) is 6.42 Å². The van der Waals surface area contributed by atoms with Crippen molar-refractivity contribution in [1.82, 2.24) is 24.7 Å². The lowest BCUT2D eigenvalue weighted by Gasteiger charge is -2.34. The molecule has 1 aliphatic heterocycles. The second-order valence-corrected chi connectivity index (χ2v) is 6.69. The Bertz CT molecular complexity index is 1020. The number of H-pyrrole nitrogens is 1. The molecule has 1 aliphatic rings. The molecule has 3 aromatic heterocycles. The molecule has 0 spiro atoms. The van der Waals surface area contributed by atoms with Gasteiger partial charge in [0.1, 0.15) is 0 Å². The van der Waals surface area contributed by atoms with E-state index in [2.05, 4.69) is 15.2 Å². The van der Waals surface area contributed by atoms with Gasteiger partial charge in [-0.05, 0) is 32.6 Å². The number of hydrogen-bond acceptors (Lipinski definition) is 5. The summed E-state index contributed by atoms with van der Waals surface area (Å²) in [6.07, 6.45) is 3.47. The van der Waals surface area contributed by atoms with E-state index in [1.54, 1.807) is 17.9 Å². The molecule has 8 nitrogen and oxygen atoms in total. The fourth-order valence-corrected chi connectivity index (χ4v) is 3.51. The third-order valence-corrected chi connectivity index (χ3v) is 4.85. The Morgan fingerprint density at radius 3 is 2.92 bits per heavy atom. The summed E-state index contributed by atoms with van der Waals surface area (Å²) in [4.78, 5) is 31.4. The lowest BCUT2D eigenvalue weighted by atomic mass is 9.99. The van der Waals surface area contributed by atoms with Crippen molar-refractivity contribution >= 4 is 11.6 Å². The SMILES string of the molecule is CCc1cc(=O)n2[nH]c([C@H]3CCCCN3C(=O)c3cc(C)no3)cc2n1. The zero-order valence-electron chi connectivity index (χ0n) is 14.9. The number of aromatic nitrogens is 4. The van der Waals surface area contributed by atoms with Crippen molar-refractivity contribution in [3.05, 3.63) is 51.4 Å². The smallest absolute Gasteiger partial charge is 0.293 e. The van der Waals surface area contributed by atoms with Crippen molar-refractivity contribution in [1.29, 1.82) is 0 Å². The average Bonchev–Trinajstić information content (AvgIpc) is 3.27. The molecular formula is C18H21N5O3. The standard InChI is InChI=1S/C18H21N5O3/c1-3-12-9-17(24)23-16(19-12)10-13(20-23)14-6-4-5-7-22(14)18(25)15-8-11(2)21-26-15/h8-10,14,20H,3-7H2,1-2H3/t14-/m1/s1. The van der Waals surface area contributed by atoms with E-state index in [4.69, 9.17) is 4.52 Å². The van der Waals surface area contributed by atoms with Crippen LogP contribution in [0.25, 0.3) is 5.65 Å². The zero-order chi connectivity index (χ0) is 18.3. The first kappa shape index (κ1) is 16.6. The molecule has 0 saturated carbocycles. The highest BCUT2D eigenvalue weighted by Gasteiger charge is 2.32. The number of amides is 1. The number of carbonyl (C=O) groups excluding carboxylic acids is 1. The molecule has 0 aromatic carbocycles. The van der Waals surface area contributed by atoms with Crippen LogP contribution in [0.3, 0.4) is 0 Å². The third kappa shape index (κ3) is 2.81. The first-order valence-corrected chi connectivity index (χ1v) is 8.92. The first-order chi connectivity index (χ1) is 12.6. The number of rotatable bonds is 3. The maximum atomic E-state index is 12.9. The predicted molar refractivity (Wildman–Crippen MR) is 94.1 cm³/mol. The van der Waals surface area contributed by atoms with Crippen molar-refractivity contribution in [3.8, 4) is 0 Å². The molecule has 1 saturated heterocycles. The summed E-state index contributed by atoms with van der Waals surface area (Å²) in [6, 6.07) is 4.91. The van der Waals surface area contributed by atoms with E-state index in [0.717, 1.165) is 30.7 Å². The molecule has 0 aliphatic carbocycles. The number of nitrogens with zero attached hydrogens (tertiary/aromatic N) is 4. The summed E-state index contributed by atoms with van der Waals surface area (Å²) < 4.78 is 6.59. The number of fused-ring (bicyclic) bond motifs is 1. The molecule has 26 heavy (non-hydrogen) atoms. The number of hydrogen-bond donors (Lipinski definition) is 1. The van der Waals surface area contributed by atoms with Gasteiger partial charge in [-0.1, -0.05) is 12.1 Å². The Labute approximate surface area is 149 Å². The highest BCUT2D eigenvalue weighted by atomic mass is 16.5. The van der Waals surface area contributed by atoms with Gasteiger partial charge in [0.25, 0.3) is 11.5 Å². The molecule has 1 amide bonds. The summed E-state index contributed by atoms with van der Waals surface area (Å²) in [6.45, 7) is 4.39. The molecule has 3 aromatic rings. The molecule has 1 N–H and O–H groups in total. The van der Waals surface area contributed by atoms with E-state index in [0.29, 0.717) is 24.3 Å². The Morgan fingerprint density at radius 2 is 2.19 bits per heavy atom. The van der Waals surface area contributed by atoms with E-state index in [1.165, 1.54) is 10.6 Å². The minimum atomic E-state index is -0.177. The van der Waals surface area contributed by atoms with Crippen LogP contribution in [0.4, 0.5) is 0 Å². The van der Waals surface area contributed by atoms with E-state index < -0.39 is 0 Å². The van der Waals surface area contributed by atoms with E-state index >= 15 is 0 Å². The monoisotopic (exact) mass is 355 g/mol. The summed E-state index contributed by atoms with van der Waals surface area (Å²) >= 11 is 0. The number of likely N-dealkylation sites (tertiary alicyclic amines) is 1. The van der Waals surface area contributed by atoms with Gasteiger partial charge in [-0.3, -0.25) is 14.7 Å². The molecule has 136 valence electrons. The second kappa shape index (κ2) is 6.44. The summed E-state index contributed by atoms with van der Waals surface area (Å²) in [5.74, 6) is 0.0672. The Hall–Kier alpha value is -2.90. The molecule has 1 atom stereocenters. The molecule has 4 rings (SSSR count). The topological polar surface area (TPSA) is 96.5 Å². The summed E-state index contributed by atoms with van der Waals surface area (Å²) in [7, 11) is 0. The molecule has 8 heteroatoms. The Balaban J connectivity index is 1.72. The van der Waals surface area contributed by atoms with Crippen LogP contribution in [0, 0.1) is 6.92 Å². The minimum Gasteiger partial charge on any atom is -0.351 e. The van der Waals surface area contributed by atoms with Gasteiger partial charge in [-0.2, -0.15) is 0 Å². The largest absolute Gasteiger partial charge is 0.351 e. The lowest BCUT2D eigenvalue weighted by molar-refractivity contribution is 0.0563. The van der Waals surface area contributed by atoms with Gasteiger partial charge in [0.15, 0.2) is 5.65 Å². The van der Waals surface area contributed by atoms with Crippen molar-refractivity contribution in [2.75, 3.05) is 6.54 Å². The highest BCUT2D eigenvalue weighted by molar-refractivity contribution is 5.91. The van der Waals surface area contributed by atoms with Crippen LogP contribution >= 0.6 is 0 Å². The molecular weight excluding hydrogens is 334 g/mol.